The van der Waals surface area contributed by atoms with Crippen LogP contribution in [0.4, 0.5) is 5.69 Å². The van der Waals surface area contributed by atoms with Gasteiger partial charge in [-0.1, -0.05) is 12.1 Å². The molecule has 118 valence electrons. The van der Waals surface area contributed by atoms with Crippen molar-refractivity contribution in [3.63, 3.8) is 0 Å². The van der Waals surface area contributed by atoms with Crippen LogP contribution in [-0.4, -0.2) is 25.1 Å². The smallest absolute Gasteiger partial charge is 0.253 e. The molecule has 0 unspecified atom stereocenters. The monoisotopic (exact) mass is 339 g/mol. The molecule has 1 amide bonds. The summed E-state index contributed by atoms with van der Waals surface area (Å²) in [5.41, 5.74) is 1.34. The lowest BCUT2D eigenvalue weighted by Gasteiger charge is -2.11. The Labute approximate surface area is 133 Å². The molecule has 0 atom stereocenters. The number of aromatic nitrogens is 1. The fraction of sp³-hybridized carbons (Fsp3) is 0.286. The van der Waals surface area contributed by atoms with Gasteiger partial charge in [-0.3, -0.25) is 9.52 Å². The van der Waals surface area contributed by atoms with Crippen molar-refractivity contribution >= 4 is 33.0 Å². The Kier molecular flexibility index (Phi) is 5.15. The van der Waals surface area contributed by atoms with E-state index in [4.69, 9.17) is 0 Å². The van der Waals surface area contributed by atoms with Crippen LogP contribution in [0.2, 0.25) is 0 Å². The van der Waals surface area contributed by atoms with E-state index < -0.39 is 10.0 Å². The molecule has 0 saturated carbocycles. The molecule has 0 spiro atoms. The van der Waals surface area contributed by atoms with Crippen molar-refractivity contribution in [1.29, 1.82) is 0 Å². The van der Waals surface area contributed by atoms with Crippen molar-refractivity contribution in [2.45, 2.75) is 20.4 Å². The zero-order chi connectivity index (χ0) is 16.2. The Bertz CT molecular complexity index is 769. The minimum atomic E-state index is -3.43. The van der Waals surface area contributed by atoms with Crippen LogP contribution < -0.4 is 10.0 Å². The van der Waals surface area contributed by atoms with E-state index in [2.05, 4.69) is 15.0 Å². The van der Waals surface area contributed by atoms with Gasteiger partial charge in [0.1, 0.15) is 0 Å². The summed E-state index contributed by atoms with van der Waals surface area (Å²) in [7, 11) is -3.43. The molecule has 22 heavy (non-hydrogen) atoms. The van der Waals surface area contributed by atoms with E-state index in [1.807, 2.05) is 12.3 Å². The molecule has 0 aliphatic carbocycles. The van der Waals surface area contributed by atoms with Crippen molar-refractivity contribution in [1.82, 2.24) is 10.3 Å². The third-order valence-corrected chi connectivity index (χ3v) is 5.03. The second-order valence-electron chi connectivity index (χ2n) is 4.59. The predicted octanol–water partition coefficient (Wildman–Crippen LogP) is 2.14. The van der Waals surface area contributed by atoms with Gasteiger partial charge in [0.25, 0.3) is 5.91 Å². The highest BCUT2D eigenvalue weighted by molar-refractivity contribution is 7.92. The summed E-state index contributed by atoms with van der Waals surface area (Å²) >= 11 is 1.51. The molecule has 1 aromatic carbocycles. The molecule has 0 radical (unpaired) electrons. The summed E-state index contributed by atoms with van der Waals surface area (Å²) in [6, 6.07) is 6.50. The van der Waals surface area contributed by atoms with Crippen LogP contribution in [0.25, 0.3) is 0 Å². The number of rotatable bonds is 6. The molecule has 1 heterocycles. The highest BCUT2D eigenvalue weighted by Gasteiger charge is 2.15. The Balaban J connectivity index is 2.12. The maximum absolute atomic E-state index is 12.2. The Morgan fingerprint density at radius 2 is 2.05 bits per heavy atom. The number of nitrogens with zero attached hydrogens (tertiary/aromatic N) is 1. The number of sulfonamides is 1. The molecular formula is C14H17N3O3S2. The van der Waals surface area contributed by atoms with E-state index in [0.29, 0.717) is 6.54 Å². The number of hydrogen-bond donors (Lipinski definition) is 2. The quantitative estimate of drug-likeness (QED) is 0.844. The zero-order valence-corrected chi connectivity index (χ0v) is 13.9. The van der Waals surface area contributed by atoms with E-state index in [9.17, 15) is 13.2 Å². The summed E-state index contributed by atoms with van der Waals surface area (Å²) in [4.78, 5) is 16.5. The van der Waals surface area contributed by atoms with Crippen LogP contribution in [0.3, 0.4) is 0 Å². The Morgan fingerprint density at radius 3 is 2.68 bits per heavy atom. The Morgan fingerprint density at radius 1 is 1.32 bits per heavy atom. The van der Waals surface area contributed by atoms with Gasteiger partial charge >= 0.3 is 0 Å². The molecular weight excluding hydrogens is 322 g/mol. The molecule has 0 aliphatic rings. The molecule has 1 aromatic heterocycles. The number of carbonyl (C=O) groups is 1. The van der Waals surface area contributed by atoms with E-state index >= 15 is 0 Å². The van der Waals surface area contributed by atoms with Crippen molar-refractivity contribution in [2.24, 2.45) is 0 Å². The van der Waals surface area contributed by atoms with Gasteiger partial charge in [-0.05, 0) is 26.0 Å². The Hall–Kier alpha value is -1.93. The van der Waals surface area contributed by atoms with Crippen molar-refractivity contribution in [3.05, 3.63) is 45.9 Å². The summed E-state index contributed by atoms with van der Waals surface area (Å²) in [6.07, 6.45) is 0. The van der Waals surface area contributed by atoms with Gasteiger partial charge in [0, 0.05) is 5.38 Å². The highest BCUT2D eigenvalue weighted by Crippen LogP contribution is 2.17. The number of benzene rings is 1. The largest absolute Gasteiger partial charge is 0.346 e. The first-order valence-corrected chi connectivity index (χ1v) is 9.23. The van der Waals surface area contributed by atoms with Crippen LogP contribution in [0.15, 0.2) is 29.6 Å². The number of anilines is 1. The van der Waals surface area contributed by atoms with Crippen LogP contribution in [-0.2, 0) is 16.6 Å². The lowest BCUT2D eigenvalue weighted by atomic mass is 10.1. The topological polar surface area (TPSA) is 88.2 Å². The first-order chi connectivity index (χ1) is 10.4. The fourth-order valence-corrected chi connectivity index (χ4v) is 3.04. The maximum Gasteiger partial charge on any atom is 0.253 e. The molecule has 6 nitrogen and oxygen atoms in total. The van der Waals surface area contributed by atoms with Gasteiger partial charge in [0.2, 0.25) is 10.0 Å². The van der Waals surface area contributed by atoms with E-state index in [-0.39, 0.29) is 22.9 Å². The molecule has 2 aromatic rings. The maximum atomic E-state index is 12.2. The standard InChI is InChI=1S/C14H17N3O3S2/c1-3-22(19,20)17-13-7-5-4-6-12(13)14(18)15-8-11-9-21-10(2)16-11/h4-7,9,17H,3,8H2,1-2H3,(H,15,18). The van der Waals surface area contributed by atoms with Gasteiger partial charge < -0.3 is 5.32 Å². The molecule has 0 saturated heterocycles. The van der Waals surface area contributed by atoms with Crippen LogP contribution >= 0.6 is 11.3 Å². The molecule has 0 aliphatic heterocycles. The summed E-state index contributed by atoms with van der Waals surface area (Å²) in [5, 5.41) is 5.55. The number of thiazole rings is 1. The van der Waals surface area contributed by atoms with E-state index in [0.717, 1.165) is 10.7 Å². The average molecular weight is 339 g/mol. The van der Waals surface area contributed by atoms with Crippen molar-refractivity contribution < 1.29 is 13.2 Å². The van der Waals surface area contributed by atoms with Crippen LogP contribution in [0.1, 0.15) is 28.0 Å². The van der Waals surface area contributed by atoms with Gasteiger partial charge in [-0.15, -0.1) is 11.3 Å². The molecule has 0 bridgehead atoms. The minimum Gasteiger partial charge on any atom is -0.346 e. The second kappa shape index (κ2) is 6.89. The van der Waals surface area contributed by atoms with Crippen LogP contribution in [0, 0.1) is 6.92 Å². The SMILES string of the molecule is CCS(=O)(=O)Nc1ccccc1C(=O)NCc1csc(C)n1. The number of carbonyl (C=O) groups excluding carboxylic acids is 1. The predicted molar refractivity (Wildman–Crippen MR) is 87.5 cm³/mol. The number of amides is 1. The first kappa shape index (κ1) is 16.4. The van der Waals surface area contributed by atoms with Crippen molar-refractivity contribution in [3.8, 4) is 0 Å². The van der Waals surface area contributed by atoms with Crippen molar-refractivity contribution in [2.75, 3.05) is 10.5 Å². The number of nitrogens with one attached hydrogen (secondary N) is 2. The number of para-hydroxylation sites is 1. The normalized spacial score (nSPS) is 11.2. The molecule has 2 rings (SSSR count). The van der Waals surface area contributed by atoms with Gasteiger partial charge in [-0.25, -0.2) is 13.4 Å². The molecule has 8 heteroatoms. The van der Waals surface area contributed by atoms with Gasteiger partial charge in [-0.2, -0.15) is 0 Å². The van der Waals surface area contributed by atoms with Gasteiger partial charge in [0.05, 0.1) is 34.2 Å². The summed E-state index contributed by atoms with van der Waals surface area (Å²) in [5.74, 6) is -0.402. The molecule has 2 N–H and O–H groups in total. The minimum absolute atomic E-state index is 0.0545. The summed E-state index contributed by atoms with van der Waals surface area (Å²) in [6.45, 7) is 3.73. The first-order valence-electron chi connectivity index (χ1n) is 6.70. The fourth-order valence-electron chi connectivity index (χ4n) is 1.77. The van der Waals surface area contributed by atoms with Gasteiger partial charge in [0.15, 0.2) is 0 Å². The summed E-state index contributed by atoms with van der Waals surface area (Å²) < 4.78 is 25.8. The van der Waals surface area contributed by atoms with E-state index in [1.54, 1.807) is 24.3 Å². The van der Waals surface area contributed by atoms with Crippen LogP contribution in [0.5, 0.6) is 0 Å². The number of aryl methyl sites for hydroxylation is 1. The van der Waals surface area contributed by atoms with E-state index in [1.165, 1.54) is 18.3 Å². The lowest BCUT2D eigenvalue weighted by molar-refractivity contribution is 0.0951. The zero-order valence-electron chi connectivity index (χ0n) is 12.3. The molecule has 0 fully saturated rings. The third-order valence-electron chi connectivity index (χ3n) is 2.91. The lowest BCUT2D eigenvalue weighted by Crippen LogP contribution is -2.25. The third kappa shape index (κ3) is 4.28. The number of hydrogen-bond acceptors (Lipinski definition) is 5. The average Bonchev–Trinajstić information content (AvgIpc) is 2.90. The second-order valence-corrected chi connectivity index (χ2v) is 7.66. The highest BCUT2D eigenvalue weighted by atomic mass is 32.2.